The van der Waals surface area contributed by atoms with E-state index in [9.17, 15) is 4.79 Å². The summed E-state index contributed by atoms with van der Waals surface area (Å²) in [7, 11) is 0. The van der Waals surface area contributed by atoms with Crippen molar-refractivity contribution in [3.8, 4) is 0 Å². The van der Waals surface area contributed by atoms with Crippen LogP contribution in [0.5, 0.6) is 0 Å². The summed E-state index contributed by atoms with van der Waals surface area (Å²) in [5.41, 5.74) is 0.805. The first-order valence-electron chi connectivity index (χ1n) is 5.58. The van der Waals surface area contributed by atoms with E-state index in [1.165, 1.54) is 25.7 Å². The molecule has 13 heavy (non-hydrogen) atoms. The minimum atomic E-state index is 0.334. The lowest BCUT2D eigenvalue weighted by molar-refractivity contribution is -0.132. The van der Waals surface area contributed by atoms with E-state index in [0.29, 0.717) is 16.6 Å². The van der Waals surface area contributed by atoms with Gasteiger partial charge in [-0.05, 0) is 30.1 Å². The lowest BCUT2D eigenvalue weighted by atomic mass is 9.51. The molecule has 0 radical (unpaired) electrons. The second kappa shape index (κ2) is 2.83. The van der Waals surface area contributed by atoms with Crippen LogP contribution in [-0.2, 0) is 4.79 Å². The third-order valence-corrected chi connectivity index (χ3v) is 4.71. The molecule has 0 aliphatic heterocycles. The summed E-state index contributed by atoms with van der Waals surface area (Å²) in [4.78, 5) is 11.5. The molecule has 1 heteroatoms. The van der Waals surface area contributed by atoms with E-state index < -0.39 is 0 Å². The Labute approximate surface area is 80.9 Å². The molecule has 0 spiro atoms. The van der Waals surface area contributed by atoms with Gasteiger partial charge in [-0.1, -0.05) is 26.7 Å². The summed E-state index contributed by atoms with van der Waals surface area (Å²) < 4.78 is 0. The normalized spacial score (nSPS) is 45.8. The Bertz CT molecular complexity index is 233. The van der Waals surface area contributed by atoms with Gasteiger partial charge in [0.25, 0.3) is 0 Å². The van der Waals surface area contributed by atoms with Crippen LogP contribution in [0.25, 0.3) is 0 Å². The molecule has 0 saturated heterocycles. The monoisotopic (exact) mass is 180 g/mol. The second-order valence-corrected chi connectivity index (χ2v) is 5.54. The summed E-state index contributed by atoms with van der Waals surface area (Å²) in [6, 6.07) is 0. The molecule has 0 aromatic carbocycles. The van der Waals surface area contributed by atoms with Crippen LogP contribution in [0.4, 0.5) is 0 Å². The van der Waals surface area contributed by atoms with Crippen molar-refractivity contribution in [2.24, 2.45) is 10.8 Å². The van der Waals surface area contributed by atoms with Crippen molar-refractivity contribution >= 4 is 5.78 Å². The van der Waals surface area contributed by atoms with Crippen molar-refractivity contribution < 1.29 is 4.79 Å². The Morgan fingerprint density at radius 1 is 1.00 bits per heavy atom. The molecule has 2 atom stereocenters. The van der Waals surface area contributed by atoms with E-state index in [4.69, 9.17) is 0 Å². The van der Waals surface area contributed by atoms with Crippen molar-refractivity contribution in [1.82, 2.24) is 0 Å². The number of hydrogen-bond acceptors (Lipinski definition) is 1. The highest BCUT2D eigenvalue weighted by Crippen LogP contribution is 2.57. The maximum absolute atomic E-state index is 11.5. The van der Waals surface area contributed by atoms with E-state index >= 15 is 0 Å². The van der Waals surface area contributed by atoms with Crippen molar-refractivity contribution in [2.75, 3.05) is 0 Å². The van der Waals surface area contributed by atoms with Crippen LogP contribution in [0.1, 0.15) is 58.8 Å². The summed E-state index contributed by atoms with van der Waals surface area (Å²) in [6.45, 7) is 4.74. The second-order valence-electron chi connectivity index (χ2n) is 5.54. The molecule has 2 rings (SSSR count). The Kier molecular flexibility index (Phi) is 2.01. The van der Waals surface area contributed by atoms with Gasteiger partial charge >= 0.3 is 0 Å². The number of rotatable bonds is 0. The van der Waals surface area contributed by atoms with Crippen LogP contribution < -0.4 is 0 Å². The van der Waals surface area contributed by atoms with Gasteiger partial charge in [-0.2, -0.15) is 0 Å². The van der Waals surface area contributed by atoms with Crippen LogP contribution in [0.15, 0.2) is 0 Å². The lowest BCUT2D eigenvalue weighted by Gasteiger charge is -2.53. The van der Waals surface area contributed by atoms with Crippen LogP contribution in [0.2, 0.25) is 0 Å². The summed E-state index contributed by atoms with van der Waals surface area (Å²) in [5.74, 6) is 0.502. The zero-order valence-corrected chi connectivity index (χ0v) is 8.86. The Hall–Kier alpha value is -0.330. The zero-order chi connectivity index (χ0) is 9.53. The average Bonchev–Trinajstić information content (AvgIpc) is 2.07. The molecule has 0 bridgehead atoms. The van der Waals surface area contributed by atoms with Gasteiger partial charge in [0.05, 0.1) is 0 Å². The molecule has 2 aliphatic rings. The molecule has 0 heterocycles. The molecule has 0 N–H and O–H groups in total. The van der Waals surface area contributed by atoms with Crippen molar-refractivity contribution in [3.63, 3.8) is 0 Å². The predicted octanol–water partition coefficient (Wildman–Crippen LogP) is 3.33. The highest BCUT2D eigenvalue weighted by atomic mass is 16.1. The molecule has 2 aliphatic carbocycles. The molecule has 2 saturated carbocycles. The molecule has 74 valence electrons. The van der Waals surface area contributed by atoms with E-state index in [1.807, 2.05) is 0 Å². The summed E-state index contributed by atoms with van der Waals surface area (Å²) in [6.07, 6.45) is 8.16. The maximum Gasteiger partial charge on any atom is 0.133 e. The number of ketones is 1. The first kappa shape index (κ1) is 9.23. The third kappa shape index (κ3) is 1.33. The van der Waals surface area contributed by atoms with Crippen molar-refractivity contribution in [3.05, 3.63) is 0 Å². The van der Waals surface area contributed by atoms with Crippen molar-refractivity contribution in [1.29, 1.82) is 0 Å². The number of fused-ring (bicyclic) bond motifs is 1. The number of carbonyl (C=O) groups is 1. The van der Waals surface area contributed by atoms with Gasteiger partial charge in [-0.15, -0.1) is 0 Å². The number of carbonyl (C=O) groups excluding carboxylic acids is 1. The van der Waals surface area contributed by atoms with Gasteiger partial charge in [0.1, 0.15) is 5.78 Å². The first-order chi connectivity index (χ1) is 6.06. The fourth-order valence-electron chi connectivity index (χ4n) is 3.30. The molecule has 1 nitrogen and oxygen atoms in total. The average molecular weight is 180 g/mol. The van der Waals surface area contributed by atoms with Gasteiger partial charge in [0.15, 0.2) is 0 Å². The van der Waals surface area contributed by atoms with E-state index in [1.54, 1.807) is 0 Å². The van der Waals surface area contributed by atoms with Gasteiger partial charge in [0.2, 0.25) is 0 Å². The minimum Gasteiger partial charge on any atom is -0.300 e. The maximum atomic E-state index is 11.5. The zero-order valence-electron chi connectivity index (χ0n) is 8.86. The summed E-state index contributed by atoms with van der Waals surface area (Å²) in [5, 5.41) is 0. The van der Waals surface area contributed by atoms with Gasteiger partial charge in [-0.25, -0.2) is 0 Å². The summed E-state index contributed by atoms with van der Waals surface area (Å²) >= 11 is 0. The highest BCUT2D eigenvalue weighted by molar-refractivity contribution is 5.80. The SMILES string of the molecule is CC12CCCC[C@@]1(C)CC(=O)CC2. The standard InChI is InChI=1S/C12H20O/c1-11-6-3-4-7-12(11,2)9-10(13)5-8-11/h3-9H2,1-2H3/t11?,12-/m0/s1. The van der Waals surface area contributed by atoms with E-state index in [-0.39, 0.29) is 0 Å². The Morgan fingerprint density at radius 2 is 1.62 bits per heavy atom. The lowest BCUT2D eigenvalue weighted by Crippen LogP contribution is -2.45. The van der Waals surface area contributed by atoms with Gasteiger partial charge in [-0.3, -0.25) is 4.79 Å². The number of hydrogen-bond donors (Lipinski definition) is 0. The van der Waals surface area contributed by atoms with Crippen LogP contribution in [0.3, 0.4) is 0 Å². The predicted molar refractivity (Wildman–Crippen MR) is 53.5 cm³/mol. The van der Waals surface area contributed by atoms with Gasteiger partial charge < -0.3 is 0 Å². The quantitative estimate of drug-likeness (QED) is 0.559. The largest absolute Gasteiger partial charge is 0.300 e. The Morgan fingerprint density at radius 3 is 2.31 bits per heavy atom. The Balaban J connectivity index is 2.25. The fraction of sp³-hybridized carbons (Fsp3) is 0.917. The molecule has 2 fully saturated rings. The minimum absolute atomic E-state index is 0.334. The molecule has 0 aromatic heterocycles. The van der Waals surface area contributed by atoms with Crippen LogP contribution >= 0.6 is 0 Å². The third-order valence-electron chi connectivity index (χ3n) is 4.71. The highest BCUT2D eigenvalue weighted by Gasteiger charge is 2.49. The van der Waals surface area contributed by atoms with E-state index in [2.05, 4.69) is 13.8 Å². The molecule has 1 unspecified atom stereocenters. The van der Waals surface area contributed by atoms with Crippen LogP contribution in [0, 0.1) is 10.8 Å². The van der Waals surface area contributed by atoms with Crippen LogP contribution in [-0.4, -0.2) is 5.78 Å². The fourth-order valence-corrected chi connectivity index (χ4v) is 3.30. The molecular formula is C12H20O. The topological polar surface area (TPSA) is 17.1 Å². The molecule has 0 aromatic rings. The molecule has 0 amide bonds. The van der Waals surface area contributed by atoms with Crippen molar-refractivity contribution in [2.45, 2.75) is 58.8 Å². The first-order valence-corrected chi connectivity index (χ1v) is 5.58. The molecular weight excluding hydrogens is 160 g/mol. The van der Waals surface area contributed by atoms with Gasteiger partial charge in [0, 0.05) is 12.8 Å². The van der Waals surface area contributed by atoms with E-state index in [0.717, 1.165) is 19.3 Å². The number of Topliss-reactive ketones (excluding diaryl/α,β-unsaturated/α-hetero) is 1. The smallest absolute Gasteiger partial charge is 0.133 e.